The molecule has 4 aromatic heterocycles. The van der Waals surface area contributed by atoms with E-state index < -0.39 is 89.9 Å². The van der Waals surface area contributed by atoms with E-state index in [0.717, 1.165) is 24.4 Å². The van der Waals surface area contributed by atoms with E-state index in [4.69, 9.17) is 9.72 Å². The fraction of sp³-hybridized carbons (Fsp3) is 0.250. The van der Waals surface area contributed by atoms with Crippen molar-refractivity contribution in [2.75, 3.05) is 25.0 Å². The highest BCUT2D eigenvalue weighted by Crippen LogP contribution is 2.41. The van der Waals surface area contributed by atoms with Gasteiger partial charge in [-0.2, -0.15) is 0 Å². The Hall–Kier alpha value is -8.90. The summed E-state index contributed by atoms with van der Waals surface area (Å²) in [7, 11) is 0. The van der Waals surface area contributed by atoms with E-state index in [1.807, 2.05) is 0 Å². The highest BCUT2D eigenvalue weighted by molar-refractivity contribution is 6.12. The summed E-state index contributed by atoms with van der Waals surface area (Å²) in [4.78, 5) is 111. The second kappa shape index (κ2) is 19.5. The zero-order valence-electron chi connectivity index (χ0n) is 38.2. The number of amides is 6. The Balaban J connectivity index is 0.905. The van der Waals surface area contributed by atoms with Crippen LogP contribution < -0.4 is 32.3 Å². The summed E-state index contributed by atoms with van der Waals surface area (Å²) in [6.45, 7) is 1.12. The van der Waals surface area contributed by atoms with Gasteiger partial charge in [-0.3, -0.25) is 33.6 Å². The quantitative estimate of drug-likeness (QED) is 0.0574. The molecule has 6 N–H and O–H groups in total. The summed E-state index contributed by atoms with van der Waals surface area (Å²) in [5.41, 5.74) is 3.12. The van der Waals surface area contributed by atoms with Crippen LogP contribution in [0.3, 0.4) is 0 Å². The first-order chi connectivity index (χ1) is 34.5. The van der Waals surface area contributed by atoms with Crippen molar-refractivity contribution in [3.63, 3.8) is 0 Å². The van der Waals surface area contributed by atoms with Crippen LogP contribution in [0.4, 0.5) is 14.6 Å². The highest BCUT2D eigenvalue weighted by atomic mass is 19.1. The molecule has 72 heavy (non-hydrogen) atoms. The number of benzene rings is 2. The van der Waals surface area contributed by atoms with Gasteiger partial charge in [0.05, 0.1) is 67.6 Å². The Morgan fingerprint density at radius 1 is 0.917 bits per heavy atom. The third-order valence-electron chi connectivity index (χ3n) is 12.3. The third-order valence-corrected chi connectivity index (χ3v) is 12.3. The van der Waals surface area contributed by atoms with Gasteiger partial charge in [0.15, 0.2) is 5.60 Å². The number of esters is 1. The first-order valence-corrected chi connectivity index (χ1v) is 22.3. The number of cyclic esters (lactones) is 1. The minimum absolute atomic E-state index is 0.00938. The van der Waals surface area contributed by atoms with Gasteiger partial charge in [0.25, 0.3) is 17.4 Å². The monoisotopic (exact) mass is 984 g/mol. The topological polar surface area (TPSA) is 291 Å². The van der Waals surface area contributed by atoms with Crippen molar-refractivity contribution in [1.29, 1.82) is 0 Å². The molecular formula is C48H42F2N12O10. The van der Waals surface area contributed by atoms with E-state index in [9.17, 15) is 47.9 Å². The number of rotatable bonds is 16. The molecule has 2 atom stereocenters. The standard InChI is InChI=1S/C48H42F2N12O10/c1-3-48(71)32-14-37-43-30(21-61(37)46(69)31(32)23-72-47(48)70)29(27-11-24(2)33(50)15-34(27)56-43)20-60-22-36(58-59-60)28-13-26(49)16-52-44(28)57-40(65)18-53-45(68)35(12-25-7-5-4-6-8-25)55-39(64)17-51-38(63)19-54-62-41(66)9-10-42(62)67/h4-11,13-16,22,35,54,71H,3,12,17-21,23H2,1-2H3,(H,51,63)(H,53,68)(H,55,64)(H,52,57,65)/t35-,48+/m1/s1. The molecule has 368 valence electrons. The zero-order valence-corrected chi connectivity index (χ0v) is 38.2. The zero-order chi connectivity index (χ0) is 51.0. The number of carbonyl (C=O) groups is 7. The summed E-state index contributed by atoms with van der Waals surface area (Å²) in [5.74, 6) is -6.74. The molecule has 3 aliphatic heterocycles. The Morgan fingerprint density at radius 2 is 1.67 bits per heavy atom. The number of aromatic nitrogens is 6. The van der Waals surface area contributed by atoms with Gasteiger partial charge in [-0.05, 0) is 48.2 Å². The van der Waals surface area contributed by atoms with Crippen molar-refractivity contribution >= 4 is 58.1 Å². The number of nitrogens with one attached hydrogen (secondary N) is 5. The number of ether oxygens (including phenoxy) is 1. The van der Waals surface area contributed by atoms with E-state index in [-0.39, 0.29) is 66.3 Å². The normalized spacial score (nSPS) is 16.0. The molecule has 0 spiro atoms. The fourth-order valence-corrected chi connectivity index (χ4v) is 8.59. The molecular weight excluding hydrogens is 943 g/mol. The molecule has 7 heterocycles. The van der Waals surface area contributed by atoms with Crippen LogP contribution in [0, 0.1) is 18.6 Å². The molecule has 6 aromatic rings. The summed E-state index contributed by atoms with van der Waals surface area (Å²) >= 11 is 0. The van der Waals surface area contributed by atoms with E-state index in [1.165, 1.54) is 21.5 Å². The maximum atomic E-state index is 15.1. The van der Waals surface area contributed by atoms with Gasteiger partial charge in [0.1, 0.15) is 35.8 Å². The molecule has 0 bridgehead atoms. The van der Waals surface area contributed by atoms with Crippen molar-refractivity contribution in [2.45, 2.75) is 58.0 Å². The lowest BCUT2D eigenvalue weighted by molar-refractivity contribution is -0.172. The van der Waals surface area contributed by atoms with Gasteiger partial charge in [-0.15, -0.1) is 5.10 Å². The SMILES string of the molecule is CC[C@@]1(O)C(=O)OCc2c1cc1n(c2=O)Cc2c-1nc1cc(F)c(C)cc1c2Cn1cc(-c2cc(F)cnc2NC(=O)CNC(=O)[C@@H](Cc2ccccc2)NC(=O)CNC(=O)CNN2C(=O)C=CC2=O)nn1. The molecule has 2 aromatic carbocycles. The Kier molecular flexibility index (Phi) is 13.0. The number of nitrogens with zero attached hydrogens (tertiary/aromatic N) is 7. The Morgan fingerprint density at radius 3 is 2.42 bits per heavy atom. The third kappa shape index (κ3) is 9.42. The lowest BCUT2D eigenvalue weighted by atomic mass is 9.86. The molecule has 0 unspecified atom stereocenters. The molecule has 6 amide bonds. The number of pyridine rings is 3. The van der Waals surface area contributed by atoms with Gasteiger partial charge in [0.2, 0.25) is 23.6 Å². The number of hydrazine groups is 1. The summed E-state index contributed by atoms with van der Waals surface area (Å²) in [6.07, 6.45) is 4.30. The summed E-state index contributed by atoms with van der Waals surface area (Å²) in [6, 6.07) is 12.9. The molecule has 0 saturated heterocycles. The summed E-state index contributed by atoms with van der Waals surface area (Å²) in [5, 5.41) is 30.9. The summed E-state index contributed by atoms with van der Waals surface area (Å²) < 4.78 is 38.0. The number of fused-ring (bicyclic) bond motifs is 5. The van der Waals surface area contributed by atoms with Crippen LogP contribution in [0.5, 0.6) is 0 Å². The van der Waals surface area contributed by atoms with Crippen LogP contribution in [-0.4, -0.2) is 107 Å². The number of anilines is 1. The van der Waals surface area contributed by atoms with Crippen LogP contribution >= 0.6 is 0 Å². The minimum atomic E-state index is -2.07. The second-order valence-electron chi connectivity index (χ2n) is 17.0. The molecule has 3 aliphatic rings. The molecule has 0 aliphatic carbocycles. The van der Waals surface area contributed by atoms with E-state index in [1.54, 1.807) is 56.3 Å². The van der Waals surface area contributed by atoms with Gasteiger partial charge >= 0.3 is 5.97 Å². The lowest BCUT2D eigenvalue weighted by Crippen LogP contribution is -2.52. The van der Waals surface area contributed by atoms with Crippen molar-refractivity contribution in [1.82, 2.24) is 55.9 Å². The van der Waals surface area contributed by atoms with Crippen LogP contribution in [0.15, 0.2) is 83.9 Å². The second-order valence-corrected chi connectivity index (χ2v) is 17.0. The number of aryl methyl sites for hydroxylation is 1. The molecule has 0 saturated carbocycles. The number of aliphatic hydroxyl groups is 1. The predicted octanol–water partition coefficient (Wildman–Crippen LogP) is 0.696. The van der Waals surface area contributed by atoms with Crippen molar-refractivity contribution < 1.29 is 52.2 Å². The van der Waals surface area contributed by atoms with E-state index in [0.29, 0.717) is 44.0 Å². The van der Waals surface area contributed by atoms with E-state index in [2.05, 4.69) is 42.0 Å². The maximum absolute atomic E-state index is 15.1. The Bertz CT molecular complexity index is 3360. The van der Waals surface area contributed by atoms with Crippen molar-refractivity contribution in [3.05, 3.63) is 135 Å². The first kappa shape index (κ1) is 48.1. The number of imide groups is 1. The van der Waals surface area contributed by atoms with Crippen molar-refractivity contribution in [2.24, 2.45) is 0 Å². The largest absolute Gasteiger partial charge is 0.458 e. The maximum Gasteiger partial charge on any atom is 0.343 e. The molecule has 22 nitrogen and oxygen atoms in total. The molecule has 0 fully saturated rings. The van der Waals surface area contributed by atoms with Crippen molar-refractivity contribution in [3.8, 4) is 22.6 Å². The Labute approximate surface area is 405 Å². The first-order valence-electron chi connectivity index (χ1n) is 22.3. The van der Waals surface area contributed by atoms with Crippen LogP contribution in [0.25, 0.3) is 33.5 Å². The molecule has 0 radical (unpaired) electrons. The van der Waals surface area contributed by atoms with Gasteiger partial charge < -0.3 is 35.7 Å². The number of carbonyl (C=O) groups excluding carboxylic acids is 7. The predicted molar refractivity (Wildman–Crippen MR) is 247 cm³/mol. The highest BCUT2D eigenvalue weighted by Gasteiger charge is 2.45. The van der Waals surface area contributed by atoms with Gasteiger partial charge in [0, 0.05) is 46.7 Å². The molecule has 9 rings (SSSR count). The molecule has 24 heteroatoms. The number of hydrogen-bond acceptors (Lipinski definition) is 15. The van der Waals surface area contributed by atoms with Crippen LogP contribution in [0.2, 0.25) is 0 Å². The van der Waals surface area contributed by atoms with Gasteiger partial charge in [-0.25, -0.2) is 38.7 Å². The smallest absolute Gasteiger partial charge is 0.343 e. The lowest BCUT2D eigenvalue weighted by Gasteiger charge is -2.31. The fourth-order valence-electron chi connectivity index (χ4n) is 8.59. The van der Waals surface area contributed by atoms with Crippen LogP contribution in [-0.2, 0) is 70.0 Å². The van der Waals surface area contributed by atoms with Crippen LogP contribution in [0.1, 0.15) is 46.7 Å². The average molecular weight is 985 g/mol. The number of halogens is 2. The minimum Gasteiger partial charge on any atom is -0.458 e. The average Bonchev–Trinajstić information content (AvgIpc) is 4.08. The van der Waals surface area contributed by atoms with E-state index >= 15 is 4.39 Å². The van der Waals surface area contributed by atoms with Gasteiger partial charge in [-0.1, -0.05) is 42.5 Å². The number of hydrogen-bond donors (Lipinski definition) is 6.